The molecule has 1 unspecified atom stereocenters. The molecule has 19 heteroatoms. The normalized spacial score (nSPS) is 40.7. The van der Waals surface area contributed by atoms with Crippen molar-refractivity contribution in [2.75, 3.05) is 34.3 Å². The summed E-state index contributed by atoms with van der Waals surface area (Å²) in [7, 11) is 5.27. The van der Waals surface area contributed by atoms with Gasteiger partial charge in [0.1, 0.15) is 36.1 Å². The average Bonchev–Trinajstić information content (AvgIpc) is 3.75. The highest BCUT2D eigenvalue weighted by Gasteiger charge is 2.53. The highest BCUT2D eigenvalue weighted by molar-refractivity contribution is 5.73. The number of likely N-dealkylation sites (N-methyl/N-ethyl adjacent to an activating group) is 2. The van der Waals surface area contributed by atoms with E-state index in [1.165, 1.54) is 14.0 Å². The SMILES string of the molecule is CC[C@H]1OC(=O)[C@H](C)[C@@H](O[C@H]2C[C@@](C)(OC)[C@@H](O)[C@H](C)O2)[C@H](C)[C@@H](O[C@@H]2O[C@H](C)C[C@H](N(C)CCc3cn(Cc4ccc(C(C)N=O)cc4)nn3)[C@H]2O)[C@](C)(O)C[C@@H](C)CN(C)[C@H](C)[C@@H](O)[C@]1(C)O. The molecule has 1 aromatic heterocycles. The number of aromatic nitrogens is 3. The molecule has 5 rings (SSSR count). The van der Waals surface area contributed by atoms with Gasteiger partial charge in [0.2, 0.25) is 0 Å². The Hall–Kier alpha value is -3.05. The van der Waals surface area contributed by atoms with Crippen LogP contribution in [0.5, 0.6) is 0 Å². The van der Waals surface area contributed by atoms with E-state index in [0.29, 0.717) is 32.5 Å². The first-order valence-corrected chi connectivity index (χ1v) is 24.8. The zero-order valence-electron chi connectivity index (χ0n) is 43.5. The van der Waals surface area contributed by atoms with Gasteiger partial charge in [0.25, 0.3) is 0 Å². The van der Waals surface area contributed by atoms with E-state index in [-0.39, 0.29) is 31.3 Å². The summed E-state index contributed by atoms with van der Waals surface area (Å²) in [4.78, 5) is 29.4. The molecule has 0 bridgehead atoms. The maximum absolute atomic E-state index is 14.5. The Bertz CT molecular complexity index is 1940. The zero-order valence-corrected chi connectivity index (χ0v) is 43.5. The fourth-order valence-electron chi connectivity index (χ4n) is 10.8. The number of hydrogen-bond donors (Lipinski definition) is 5. The van der Waals surface area contributed by atoms with Crippen LogP contribution in [0.2, 0.25) is 0 Å². The van der Waals surface area contributed by atoms with Gasteiger partial charge in [-0.1, -0.05) is 55.4 Å². The number of hydrogen-bond acceptors (Lipinski definition) is 18. The summed E-state index contributed by atoms with van der Waals surface area (Å²) < 4.78 is 40.0. The van der Waals surface area contributed by atoms with Crippen LogP contribution in [0.3, 0.4) is 0 Å². The van der Waals surface area contributed by atoms with Gasteiger partial charge in [-0.2, -0.15) is 4.91 Å². The lowest BCUT2D eigenvalue weighted by Crippen LogP contribution is -2.61. The third kappa shape index (κ3) is 13.5. The molecule has 0 saturated carbocycles. The molecule has 19 nitrogen and oxygen atoms in total. The van der Waals surface area contributed by atoms with Crippen LogP contribution in [-0.2, 0) is 46.2 Å². The van der Waals surface area contributed by atoms with E-state index in [4.69, 9.17) is 28.4 Å². The Labute approximate surface area is 409 Å². The van der Waals surface area contributed by atoms with Crippen LogP contribution in [0.4, 0.5) is 0 Å². The Morgan fingerprint density at radius 2 is 1.65 bits per heavy atom. The van der Waals surface area contributed by atoms with E-state index < -0.39 is 108 Å². The van der Waals surface area contributed by atoms with Crippen LogP contribution in [0.15, 0.2) is 35.6 Å². The second-order valence-electron chi connectivity index (χ2n) is 21.4. The van der Waals surface area contributed by atoms with Crippen LogP contribution >= 0.6 is 0 Å². The lowest BCUT2D eigenvalue weighted by Gasteiger charge is -2.49. The minimum atomic E-state index is -1.84. The molecule has 4 heterocycles. The third-order valence-electron chi connectivity index (χ3n) is 15.4. The molecule has 5 N–H and O–H groups in total. The number of aliphatic hydroxyl groups is 5. The molecule has 1 aromatic carbocycles. The number of carbonyl (C=O) groups excluding carboxylic acids is 1. The van der Waals surface area contributed by atoms with Gasteiger partial charge in [-0.25, -0.2) is 4.68 Å². The van der Waals surface area contributed by atoms with Crippen molar-refractivity contribution in [3.8, 4) is 0 Å². The maximum Gasteiger partial charge on any atom is 0.311 e. The van der Waals surface area contributed by atoms with Crippen LogP contribution in [0.25, 0.3) is 0 Å². The summed E-state index contributed by atoms with van der Waals surface area (Å²) in [6.45, 7) is 20.7. The molecule has 0 aliphatic carbocycles. The molecular weight excluding hydrogens is 893 g/mol. The smallest absolute Gasteiger partial charge is 0.311 e. The second kappa shape index (κ2) is 23.7. The van der Waals surface area contributed by atoms with Crippen molar-refractivity contribution in [3.63, 3.8) is 0 Å². The van der Waals surface area contributed by atoms with Crippen molar-refractivity contribution in [3.05, 3.63) is 52.2 Å². The molecule has 3 fully saturated rings. The first-order valence-electron chi connectivity index (χ1n) is 24.8. The van der Waals surface area contributed by atoms with Gasteiger partial charge in [-0.15, -0.1) is 5.10 Å². The number of esters is 1. The maximum atomic E-state index is 14.5. The highest BCUT2D eigenvalue weighted by Crippen LogP contribution is 2.40. The number of carbonyl (C=O) groups is 1. The number of nitrogens with zero attached hydrogens (tertiary/aromatic N) is 6. The summed E-state index contributed by atoms with van der Waals surface area (Å²) in [5, 5.41) is 71.4. The summed E-state index contributed by atoms with van der Waals surface area (Å²) in [6, 6.07) is 6.24. The van der Waals surface area contributed by atoms with Gasteiger partial charge in [0.15, 0.2) is 12.6 Å². The number of ether oxygens (including phenoxy) is 6. The van der Waals surface area contributed by atoms with E-state index in [1.807, 2.05) is 70.2 Å². The summed E-state index contributed by atoms with van der Waals surface area (Å²) >= 11 is 0. The van der Waals surface area contributed by atoms with Crippen molar-refractivity contribution in [2.24, 2.45) is 22.9 Å². The van der Waals surface area contributed by atoms with E-state index in [0.717, 1.165) is 16.8 Å². The number of nitroso groups, excluding NO2 is 1. The summed E-state index contributed by atoms with van der Waals surface area (Å²) in [6.07, 6.45) is -6.63. The van der Waals surface area contributed by atoms with Crippen LogP contribution in [0.1, 0.15) is 125 Å². The second-order valence-corrected chi connectivity index (χ2v) is 21.4. The van der Waals surface area contributed by atoms with Crippen LogP contribution < -0.4 is 0 Å². The van der Waals surface area contributed by atoms with Gasteiger partial charge < -0.3 is 63.8 Å². The van der Waals surface area contributed by atoms with Crippen LogP contribution in [-0.4, -0.2) is 181 Å². The summed E-state index contributed by atoms with van der Waals surface area (Å²) in [5.74, 6) is -2.79. The number of methoxy groups -OCH3 is 1. The van der Waals surface area contributed by atoms with Gasteiger partial charge in [-0.3, -0.25) is 4.79 Å². The quantitative estimate of drug-likeness (QED) is 0.133. The molecule has 0 amide bonds. The minimum Gasteiger partial charge on any atom is -0.459 e. The fourth-order valence-corrected chi connectivity index (χ4v) is 10.8. The van der Waals surface area contributed by atoms with Gasteiger partial charge in [0, 0.05) is 57.2 Å². The zero-order chi connectivity index (χ0) is 51.3. The van der Waals surface area contributed by atoms with Gasteiger partial charge >= 0.3 is 5.97 Å². The topological polar surface area (TPSA) is 240 Å². The number of aliphatic hydroxyl groups excluding tert-OH is 3. The lowest BCUT2D eigenvalue weighted by atomic mass is 9.77. The predicted molar refractivity (Wildman–Crippen MR) is 257 cm³/mol. The van der Waals surface area contributed by atoms with Crippen molar-refractivity contribution < 1.29 is 58.7 Å². The fraction of sp³-hybridized carbons (Fsp3) is 0.820. The molecule has 3 aliphatic rings. The number of benzene rings is 1. The van der Waals surface area contributed by atoms with Gasteiger partial charge in [-0.05, 0) is 106 Å². The average molecular weight is 977 g/mol. The molecular formula is C50H84N6O13. The van der Waals surface area contributed by atoms with Crippen LogP contribution in [0, 0.1) is 22.7 Å². The number of rotatable bonds is 14. The Morgan fingerprint density at radius 1 is 0.986 bits per heavy atom. The van der Waals surface area contributed by atoms with E-state index in [9.17, 15) is 35.2 Å². The first-order chi connectivity index (χ1) is 32.3. The Kier molecular flexibility index (Phi) is 19.5. The predicted octanol–water partition coefficient (Wildman–Crippen LogP) is 3.98. The highest BCUT2D eigenvalue weighted by atomic mass is 16.7. The molecule has 19 atom stereocenters. The van der Waals surface area contributed by atoms with Crippen molar-refractivity contribution >= 4 is 5.97 Å². The van der Waals surface area contributed by atoms with E-state index >= 15 is 0 Å². The van der Waals surface area contributed by atoms with E-state index in [2.05, 4.69) is 20.4 Å². The standard InChI is InChI=1S/C50H84N6O13/c1-15-39-50(11,62)43(58)33(7)55(13)25-28(2)23-48(9,61)45(30(4)42(31(5)46(60)67-39)68-40-24-49(10,64-14)44(59)34(8)66-40)69-47-41(57)38(22-29(3)65-47)54(12)21-20-37-27-56(53-51-37)26-35-16-18-36(19-17-35)32(6)52-63/h16-19,27-34,38-45,47,57-59,61-62H,15,20-26H2,1-14H3/t28-,29-,30+,31-,32?,33-,34+,38+,39-,40+,41-,42+,43-,44+,45-,47+,48-,49-,50-/m1/s1. The molecule has 3 aliphatic heterocycles. The number of cyclic esters (lactones) is 1. The Balaban J connectivity index is 1.43. The summed E-state index contributed by atoms with van der Waals surface area (Å²) in [5.41, 5.74) is -1.92. The molecule has 3 saturated heterocycles. The largest absolute Gasteiger partial charge is 0.459 e. The van der Waals surface area contributed by atoms with Gasteiger partial charge in [0.05, 0.1) is 53.8 Å². The van der Waals surface area contributed by atoms with Crippen molar-refractivity contribution in [1.29, 1.82) is 0 Å². The van der Waals surface area contributed by atoms with E-state index in [1.54, 1.807) is 53.1 Å². The third-order valence-corrected chi connectivity index (χ3v) is 15.4. The first kappa shape index (κ1) is 56.9. The minimum absolute atomic E-state index is 0.0998. The lowest BCUT2D eigenvalue weighted by molar-refractivity contribution is -0.318. The monoisotopic (exact) mass is 977 g/mol. The van der Waals surface area contributed by atoms with Crippen molar-refractivity contribution in [2.45, 2.75) is 211 Å². The molecule has 2 aromatic rings. The molecule has 0 radical (unpaired) electrons. The molecule has 69 heavy (non-hydrogen) atoms. The van der Waals surface area contributed by atoms with Crippen molar-refractivity contribution in [1.82, 2.24) is 24.8 Å². The molecule has 392 valence electrons. The molecule has 0 spiro atoms. The Morgan fingerprint density at radius 3 is 2.28 bits per heavy atom.